The summed E-state index contributed by atoms with van der Waals surface area (Å²) in [6, 6.07) is 6.25. The van der Waals surface area contributed by atoms with E-state index in [1.54, 1.807) is 12.1 Å². The van der Waals surface area contributed by atoms with Crippen molar-refractivity contribution in [3.63, 3.8) is 0 Å². The zero-order chi connectivity index (χ0) is 11.9. The summed E-state index contributed by atoms with van der Waals surface area (Å²) in [4.78, 5) is 0. The van der Waals surface area contributed by atoms with Crippen molar-refractivity contribution in [3.8, 4) is 0 Å². The number of rotatable bonds is 2. The summed E-state index contributed by atoms with van der Waals surface area (Å²) in [6.45, 7) is 0.0729. The second kappa shape index (κ2) is 6.49. The first-order chi connectivity index (χ1) is 6.83. The van der Waals surface area contributed by atoms with E-state index in [1.165, 1.54) is 12.1 Å². The molecule has 2 N–H and O–H groups in total. The summed E-state index contributed by atoms with van der Waals surface area (Å²) >= 11 is 0. The predicted octanol–water partition coefficient (Wildman–Crippen LogP) is 0.865. The molecule has 0 aliphatic carbocycles. The molecule has 4 nitrogen and oxygen atoms in total. The van der Waals surface area contributed by atoms with Crippen LogP contribution in [-0.2, 0) is 16.5 Å². The maximum Gasteiger partial charge on any atom is 0.261 e. The lowest BCUT2D eigenvalue weighted by molar-refractivity contribution is 0.299. The van der Waals surface area contributed by atoms with Crippen molar-refractivity contribution in [2.24, 2.45) is 0 Å². The Hall–Kier alpha value is -0.980. The summed E-state index contributed by atoms with van der Waals surface area (Å²) in [5, 5.41) is 8.49. The number of hydrogen-bond acceptors (Lipinski definition) is 3. The Bertz CT molecular complexity index is 381. The first-order valence-corrected chi connectivity index (χ1v) is 5.95. The second-order valence-corrected chi connectivity index (χ2v) is 4.30. The van der Waals surface area contributed by atoms with Crippen molar-refractivity contribution in [2.45, 2.75) is 6.42 Å². The van der Waals surface area contributed by atoms with Crippen LogP contribution in [0.3, 0.4) is 0 Å². The average Bonchev–Trinajstić information content (AvgIpc) is 2.01. The van der Waals surface area contributed by atoms with Gasteiger partial charge in [-0.25, -0.2) is 4.39 Å². The lowest BCUT2D eigenvalue weighted by atomic mass is 10.2. The maximum absolute atomic E-state index is 12.4. The Morgan fingerprint density at radius 2 is 1.93 bits per heavy atom. The average molecular weight is 236 g/mol. The van der Waals surface area contributed by atoms with E-state index < -0.39 is 10.1 Å². The van der Waals surface area contributed by atoms with E-state index in [0.29, 0.717) is 12.7 Å². The quantitative estimate of drug-likeness (QED) is 0.747. The fourth-order valence-corrected chi connectivity index (χ4v) is 0.822. The van der Waals surface area contributed by atoms with Crippen LogP contribution in [0.2, 0.25) is 0 Å². The third-order valence-corrected chi connectivity index (χ3v) is 1.29. The smallest absolute Gasteiger partial charge is 0.261 e. The molecule has 0 aliphatic rings. The van der Waals surface area contributed by atoms with Crippen molar-refractivity contribution in [3.05, 3.63) is 35.6 Å². The third-order valence-electron chi connectivity index (χ3n) is 1.29. The summed E-state index contributed by atoms with van der Waals surface area (Å²) in [5.74, 6) is -0.244. The number of halogens is 1. The van der Waals surface area contributed by atoms with Crippen molar-refractivity contribution >= 4 is 10.1 Å². The molecule has 0 spiro atoms. The highest BCUT2D eigenvalue weighted by molar-refractivity contribution is 7.85. The van der Waals surface area contributed by atoms with Gasteiger partial charge in [-0.3, -0.25) is 4.55 Å². The largest absolute Gasteiger partial charge is 0.396 e. The minimum Gasteiger partial charge on any atom is -0.396 e. The molecule has 0 bridgehead atoms. The van der Waals surface area contributed by atoms with E-state index in [-0.39, 0.29) is 12.4 Å². The highest BCUT2D eigenvalue weighted by Gasteiger charge is 1.92. The Balaban J connectivity index is 0.000000336. The fraction of sp³-hybridized carbons (Fsp3) is 0.333. The molecule has 0 aliphatic heterocycles. The van der Waals surface area contributed by atoms with Crippen LogP contribution in [0, 0.1) is 5.82 Å². The minimum absolute atomic E-state index is 0.0729. The molecule has 0 heterocycles. The van der Waals surface area contributed by atoms with E-state index in [1.807, 2.05) is 0 Å². The number of hydrogen-bond donors (Lipinski definition) is 2. The van der Waals surface area contributed by atoms with Crippen LogP contribution >= 0.6 is 0 Å². The molecule has 0 fully saturated rings. The molecule has 0 aromatic heterocycles. The van der Waals surface area contributed by atoms with Crippen LogP contribution in [0.25, 0.3) is 0 Å². The van der Waals surface area contributed by atoms with Gasteiger partial charge in [0.05, 0.1) is 6.26 Å². The first kappa shape index (κ1) is 14.0. The molecule has 1 aromatic carbocycles. The zero-order valence-electron chi connectivity index (χ0n) is 8.22. The monoisotopic (exact) mass is 236 g/mol. The zero-order valence-corrected chi connectivity index (χ0v) is 9.04. The highest BCUT2D eigenvalue weighted by atomic mass is 32.2. The molecule has 1 aromatic rings. The van der Waals surface area contributed by atoms with Crippen molar-refractivity contribution in [1.29, 1.82) is 0 Å². The van der Waals surface area contributed by atoms with Gasteiger partial charge in [0, 0.05) is 6.61 Å². The Morgan fingerprint density at radius 3 is 2.33 bits per heavy atom. The standard InChI is InChI=1S/C8H9FO.CH4O3S/c9-8-3-1-2-7(6-8)4-5-10;1-5(2,3)4/h1-3,6,10H,4-5H2;1H3,(H,2,3,4). The second-order valence-electron chi connectivity index (χ2n) is 2.84. The van der Waals surface area contributed by atoms with Crippen LogP contribution in [0.1, 0.15) is 5.56 Å². The van der Waals surface area contributed by atoms with Gasteiger partial charge in [-0.05, 0) is 24.1 Å². The molecule has 0 atom stereocenters. The van der Waals surface area contributed by atoms with Gasteiger partial charge in [-0.15, -0.1) is 0 Å². The van der Waals surface area contributed by atoms with Gasteiger partial charge in [-0.2, -0.15) is 8.42 Å². The summed E-state index contributed by atoms with van der Waals surface area (Å²) in [6.07, 6.45) is 1.24. The van der Waals surface area contributed by atoms with Gasteiger partial charge in [0.1, 0.15) is 5.82 Å². The Labute approximate surface area is 88.1 Å². The minimum atomic E-state index is -3.67. The van der Waals surface area contributed by atoms with E-state index in [0.717, 1.165) is 5.56 Å². The molecule has 1 rings (SSSR count). The number of benzene rings is 1. The van der Waals surface area contributed by atoms with Gasteiger partial charge < -0.3 is 5.11 Å². The van der Waals surface area contributed by atoms with Crippen LogP contribution in [-0.4, -0.2) is 30.9 Å². The predicted molar refractivity (Wildman–Crippen MR) is 54.7 cm³/mol. The van der Waals surface area contributed by atoms with Crippen molar-refractivity contribution < 1.29 is 22.5 Å². The molecule has 0 radical (unpaired) electrons. The third kappa shape index (κ3) is 10.9. The Kier molecular flexibility index (Phi) is 6.07. The molecule has 0 saturated carbocycles. The molecule has 15 heavy (non-hydrogen) atoms. The van der Waals surface area contributed by atoms with E-state index in [9.17, 15) is 12.8 Å². The summed E-state index contributed by atoms with van der Waals surface area (Å²) < 4.78 is 38.3. The topological polar surface area (TPSA) is 74.6 Å². The fourth-order valence-electron chi connectivity index (χ4n) is 0.822. The Morgan fingerprint density at radius 1 is 1.40 bits per heavy atom. The van der Waals surface area contributed by atoms with Gasteiger partial charge >= 0.3 is 0 Å². The molecular formula is C9H13FO4S. The van der Waals surface area contributed by atoms with Crippen molar-refractivity contribution in [1.82, 2.24) is 0 Å². The number of aliphatic hydroxyl groups is 1. The number of aliphatic hydroxyl groups excluding tert-OH is 1. The summed E-state index contributed by atoms with van der Waals surface area (Å²) in [5.41, 5.74) is 0.836. The molecule has 0 unspecified atom stereocenters. The van der Waals surface area contributed by atoms with E-state index >= 15 is 0 Å². The molecule has 0 amide bonds. The molecule has 0 saturated heterocycles. The first-order valence-electron chi connectivity index (χ1n) is 4.10. The lowest BCUT2D eigenvalue weighted by Gasteiger charge is -1.95. The van der Waals surface area contributed by atoms with Crippen LogP contribution < -0.4 is 0 Å². The SMILES string of the molecule is CS(=O)(=O)O.OCCc1cccc(F)c1. The molecule has 6 heteroatoms. The normalized spacial score (nSPS) is 10.4. The van der Waals surface area contributed by atoms with Crippen molar-refractivity contribution in [2.75, 3.05) is 12.9 Å². The molecular weight excluding hydrogens is 223 g/mol. The van der Waals surface area contributed by atoms with Crippen LogP contribution in [0.5, 0.6) is 0 Å². The maximum atomic E-state index is 12.4. The lowest BCUT2D eigenvalue weighted by Crippen LogP contribution is -1.90. The van der Waals surface area contributed by atoms with Crippen LogP contribution in [0.4, 0.5) is 4.39 Å². The highest BCUT2D eigenvalue weighted by Crippen LogP contribution is 2.02. The van der Waals surface area contributed by atoms with Gasteiger partial charge in [-0.1, -0.05) is 12.1 Å². The van der Waals surface area contributed by atoms with Gasteiger partial charge in [0.25, 0.3) is 10.1 Å². The van der Waals surface area contributed by atoms with Crippen LogP contribution in [0.15, 0.2) is 24.3 Å². The van der Waals surface area contributed by atoms with E-state index in [4.69, 9.17) is 9.66 Å². The van der Waals surface area contributed by atoms with Gasteiger partial charge in [0.2, 0.25) is 0 Å². The summed E-state index contributed by atoms with van der Waals surface area (Å²) in [7, 11) is -3.67. The van der Waals surface area contributed by atoms with E-state index in [2.05, 4.69) is 0 Å². The molecule has 86 valence electrons. The van der Waals surface area contributed by atoms with Gasteiger partial charge in [0.15, 0.2) is 0 Å².